The van der Waals surface area contributed by atoms with Gasteiger partial charge in [-0.3, -0.25) is 24.0 Å². The van der Waals surface area contributed by atoms with Gasteiger partial charge >= 0.3 is 11.7 Å². The minimum absolute atomic E-state index is 0.0870. The lowest BCUT2D eigenvalue weighted by atomic mass is 9.84. The molecule has 0 spiro atoms. The Hall–Kier alpha value is -2.87. The van der Waals surface area contributed by atoms with Crippen LogP contribution in [0.15, 0.2) is 34.0 Å². The minimum Gasteiger partial charge on any atom is -0.507 e. The van der Waals surface area contributed by atoms with Crippen molar-refractivity contribution >= 4 is 5.97 Å². The molecule has 0 saturated carbocycles. The molecule has 1 aliphatic rings. The van der Waals surface area contributed by atoms with E-state index in [1.54, 1.807) is 12.1 Å². The van der Waals surface area contributed by atoms with Gasteiger partial charge in [-0.25, -0.2) is 4.79 Å². The van der Waals surface area contributed by atoms with Gasteiger partial charge < -0.3 is 9.84 Å². The second-order valence-electron chi connectivity index (χ2n) is 8.80. The standard InChI is InChI=1S/C22H29N3O5/c1-22(2,3)17-12-16(25-10-7-18(26)23-21(25)29)11-15(19(17)27)13-24-8-5-14(6-9-24)20(28)30-4/h7,10-12,14,27H,5-6,8-9,13H2,1-4H3,(H,23,26,29). The van der Waals surface area contributed by atoms with Crippen molar-refractivity contribution in [2.75, 3.05) is 20.2 Å². The molecule has 2 heterocycles. The van der Waals surface area contributed by atoms with E-state index >= 15 is 0 Å². The Labute approximate surface area is 175 Å². The van der Waals surface area contributed by atoms with Gasteiger partial charge in [0, 0.05) is 29.9 Å². The second-order valence-corrected chi connectivity index (χ2v) is 8.80. The summed E-state index contributed by atoms with van der Waals surface area (Å²) in [7, 11) is 1.41. The average molecular weight is 415 g/mol. The van der Waals surface area contributed by atoms with E-state index in [0.717, 1.165) is 5.56 Å². The Morgan fingerprint density at radius 3 is 2.47 bits per heavy atom. The first-order valence-electron chi connectivity index (χ1n) is 10.1. The molecule has 1 aromatic carbocycles. The van der Waals surface area contributed by atoms with Crippen molar-refractivity contribution < 1.29 is 14.6 Å². The van der Waals surface area contributed by atoms with Gasteiger partial charge in [-0.05, 0) is 43.5 Å². The van der Waals surface area contributed by atoms with Gasteiger partial charge in [-0.1, -0.05) is 20.8 Å². The number of phenolic OH excluding ortho intramolecular Hbond substituents is 1. The van der Waals surface area contributed by atoms with E-state index in [4.69, 9.17) is 4.74 Å². The third-order valence-electron chi connectivity index (χ3n) is 5.60. The zero-order valence-electron chi connectivity index (χ0n) is 17.9. The van der Waals surface area contributed by atoms with Gasteiger partial charge in [0.1, 0.15) is 5.75 Å². The average Bonchev–Trinajstić information content (AvgIpc) is 2.69. The number of hydrogen-bond acceptors (Lipinski definition) is 6. The lowest BCUT2D eigenvalue weighted by molar-refractivity contribution is -0.147. The first kappa shape index (κ1) is 21.8. The van der Waals surface area contributed by atoms with Crippen LogP contribution in [0.25, 0.3) is 5.69 Å². The number of hydrogen-bond donors (Lipinski definition) is 2. The summed E-state index contributed by atoms with van der Waals surface area (Å²) in [5.41, 5.74) is 0.666. The third kappa shape index (κ3) is 4.64. The molecule has 0 radical (unpaired) electrons. The highest BCUT2D eigenvalue weighted by Crippen LogP contribution is 2.36. The van der Waals surface area contributed by atoms with E-state index in [-0.39, 0.29) is 23.1 Å². The molecule has 2 N–H and O–H groups in total. The number of H-pyrrole nitrogens is 1. The molecule has 0 atom stereocenters. The van der Waals surface area contributed by atoms with Crippen LogP contribution < -0.4 is 11.2 Å². The molecule has 0 aliphatic carbocycles. The van der Waals surface area contributed by atoms with Gasteiger partial charge in [-0.2, -0.15) is 0 Å². The first-order valence-corrected chi connectivity index (χ1v) is 10.1. The van der Waals surface area contributed by atoms with Gasteiger partial charge in [-0.15, -0.1) is 0 Å². The molecular weight excluding hydrogens is 386 g/mol. The van der Waals surface area contributed by atoms with Crippen LogP contribution in [0.4, 0.5) is 0 Å². The second kappa shape index (κ2) is 8.47. The van der Waals surface area contributed by atoms with Crippen molar-refractivity contribution in [3.63, 3.8) is 0 Å². The number of methoxy groups -OCH3 is 1. The number of rotatable bonds is 4. The number of nitrogens with one attached hydrogen (secondary N) is 1. The van der Waals surface area contributed by atoms with Crippen LogP contribution in [-0.2, 0) is 21.5 Å². The topological polar surface area (TPSA) is 105 Å². The Bertz CT molecular complexity index is 1040. The Morgan fingerprint density at radius 1 is 1.23 bits per heavy atom. The van der Waals surface area contributed by atoms with E-state index in [0.29, 0.717) is 43.7 Å². The van der Waals surface area contributed by atoms with Gasteiger partial charge in [0.15, 0.2) is 0 Å². The molecular formula is C22H29N3O5. The minimum atomic E-state index is -0.530. The zero-order chi connectivity index (χ0) is 22.1. The molecule has 3 rings (SSSR count). The number of aromatic nitrogens is 2. The number of carbonyl (C=O) groups excluding carboxylic acids is 1. The molecule has 0 bridgehead atoms. The summed E-state index contributed by atoms with van der Waals surface area (Å²) in [6.07, 6.45) is 2.85. The van der Waals surface area contributed by atoms with E-state index in [2.05, 4.69) is 9.88 Å². The summed E-state index contributed by atoms with van der Waals surface area (Å²) >= 11 is 0. The molecule has 1 saturated heterocycles. The van der Waals surface area contributed by atoms with Crippen LogP contribution in [0, 0.1) is 5.92 Å². The molecule has 8 nitrogen and oxygen atoms in total. The highest BCUT2D eigenvalue weighted by atomic mass is 16.5. The van der Waals surface area contributed by atoms with Gasteiger partial charge in [0.25, 0.3) is 5.56 Å². The smallest absolute Gasteiger partial charge is 0.332 e. The maximum Gasteiger partial charge on any atom is 0.332 e. The van der Waals surface area contributed by atoms with Crippen LogP contribution in [0.2, 0.25) is 0 Å². The van der Waals surface area contributed by atoms with Crippen LogP contribution in [0.3, 0.4) is 0 Å². The van der Waals surface area contributed by atoms with Crippen LogP contribution in [0.1, 0.15) is 44.7 Å². The number of nitrogens with zero attached hydrogens (tertiary/aromatic N) is 2. The molecule has 162 valence electrons. The molecule has 1 fully saturated rings. The summed E-state index contributed by atoms with van der Waals surface area (Å²) in [5.74, 6) is -0.0539. The zero-order valence-corrected chi connectivity index (χ0v) is 17.9. The molecule has 2 aromatic rings. The Kier molecular flexibility index (Phi) is 6.17. The number of benzene rings is 1. The summed E-state index contributed by atoms with van der Waals surface area (Å²) < 4.78 is 6.21. The number of esters is 1. The van der Waals surface area contributed by atoms with Crippen molar-refractivity contribution in [3.8, 4) is 11.4 Å². The van der Waals surface area contributed by atoms with Crippen LogP contribution in [-0.4, -0.2) is 45.7 Å². The Morgan fingerprint density at radius 2 is 1.90 bits per heavy atom. The molecule has 30 heavy (non-hydrogen) atoms. The lowest BCUT2D eigenvalue weighted by Crippen LogP contribution is -2.36. The van der Waals surface area contributed by atoms with Crippen molar-refractivity contribution in [3.05, 3.63) is 56.4 Å². The number of aromatic hydroxyl groups is 1. The number of aromatic amines is 1. The highest BCUT2D eigenvalue weighted by Gasteiger charge is 2.27. The third-order valence-corrected chi connectivity index (χ3v) is 5.60. The normalized spacial score (nSPS) is 15.9. The van der Waals surface area contributed by atoms with Crippen molar-refractivity contribution in [1.82, 2.24) is 14.5 Å². The van der Waals surface area contributed by atoms with Gasteiger partial charge in [0.2, 0.25) is 0 Å². The Balaban J connectivity index is 1.95. The number of ether oxygens (including phenoxy) is 1. The SMILES string of the molecule is COC(=O)C1CCN(Cc2cc(-n3ccc(=O)[nH]c3=O)cc(C(C)(C)C)c2O)CC1. The fourth-order valence-electron chi connectivity index (χ4n) is 3.86. The van der Waals surface area contributed by atoms with Crippen molar-refractivity contribution in [2.24, 2.45) is 5.92 Å². The summed E-state index contributed by atoms with van der Waals surface area (Å²) in [6, 6.07) is 4.85. The van der Waals surface area contributed by atoms with Crippen LogP contribution in [0.5, 0.6) is 5.75 Å². The first-order chi connectivity index (χ1) is 14.1. The van der Waals surface area contributed by atoms with E-state index in [1.807, 2.05) is 20.8 Å². The predicted octanol–water partition coefficient (Wildman–Crippen LogP) is 1.91. The van der Waals surface area contributed by atoms with Gasteiger partial charge in [0.05, 0.1) is 18.7 Å². The molecule has 8 heteroatoms. The molecule has 0 unspecified atom stereocenters. The summed E-state index contributed by atoms with van der Waals surface area (Å²) in [4.78, 5) is 39.9. The van der Waals surface area contributed by atoms with Crippen molar-refractivity contribution in [2.45, 2.75) is 45.6 Å². The quantitative estimate of drug-likeness (QED) is 0.740. The molecule has 0 amide bonds. The predicted molar refractivity (Wildman–Crippen MR) is 113 cm³/mol. The maximum absolute atomic E-state index is 12.3. The highest BCUT2D eigenvalue weighted by molar-refractivity contribution is 5.72. The van der Waals surface area contributed by atoms with E-state index in [1.165, 1.54) is 23.9 Å². The van der Waals surface area contributed by atoms with E-state index in [9.17, 15) is 19.5 Å². The molecule has 1 aromatic heterocycles. The molecule has 1 aliphatic heterocycles. The maximum atomic E-state index is 12.3. The summed E-state index contributed by atoms with van der Waals surface area (Å²) in [5, 5.41) is 11.0. The largest absolute Gasteiger partial charge is 0.507 e. The van der Waals surface area contributed by atoms with Crippen LogP contribution >= 0.6 is 0 Å². The monoisotopic (exact) mass is 415 g/mol. The fraction of sp³-hybridized carbons (Fsp3) is 0.500. The number of carbonyl (C=O) groups is 1. The fourth-order valence-corrected chi connectivity index (χ4v) is 3.86. The number of phenols is 1. The van der Waals surface area contributed by atoms with E-state index < -0.39 is 11.2 Å². The lowest BCUT2D eigenvalue weighted by Gasteiger charge is -2.31. The number of likely N-dealkylation sites (tertiary alicyclic amines) is 1. The van der Waals surface area contributed by atoms with Crippen molar-refractivity contribution in [1.29, 1.82) is 0 Å². The number of piperidine rings is 1. The summed E-state index contributed by atoms with van der Waals surface area (Å²) in [6.45, 7) is 7.90.